The lowest BCUT2D eigenvalue weighted by atomic mass is 10.1. The molecule has 1 aliphatic rings. The van der Waals surface area contributed by atoms with E-state index in [1.54, 1.807) is 0 Å². The van der Waals surface area contributed by atoms with Gasteiger partial charge in [0.05, 0.1) is 13.2 Å². The van der Waals surface area contributed by atoms with Crippen LogP contribution in [0.2, 0.25) is 0 Å². The molecule has 0 aliphatic carbocycles. The standard InChI is InChI=1S/C15H22N2O3/c1-2-20-14-6-4-3-5-13(14)11-16-7-9-17(10-8-16)12-15(18)19/h3-6H,2,7-12H2,1H3,(H,18,19). The highest BCUT2D eigenvalue weighted by Gasteiger charge is 2.19. The van der Waals surface area contributed by atoms with Crippen molar-refractivity contribution in [3.63, 3.8) is 0 Å². The van der Waals surface area contributed by atoms with Crippen LogP contribution in [0.1, 0.15) is 12.5 Å². The van der Waals surface area contributed by atoms with Crippen molar-refractivity contribution < 1.29 is 14.6 Å². The van der Waals surface area contributed by atoms with Gasteiger partial charge in [0.1, 0.15) is 5.75 Å². The third-order valence-corrected chi connectivity index (χ3v) is 3.49. The molecule has 1 N–H and O–H groups in total. The number of hydrogen-bond acceptors (Lipinski definition) is 4. The van der Waals surface area contributed by atoms with E-state index < -0.39 is 5.97 Å². The SMILES string of the molecule is CCOc1ccccc1CN1CCN(CC(=O)O)CC1. The first kappa shape index (κ1) is 14.8. The Morgan fingerprint density at radius 3 is 2.50 bits per heavy atom. The molecule has 2 rings (SSSR count). The number of aliphatic carboxylic acids is 1. The average Bonchev–Trinajstić information content (AvgIpc) is 2.43. The molecule has 1 fully saturated rings. The van der Waals surface area contributed by atoms with Crippen LogP contribution in [0.3, 0.4) is 0 Å². The molecule has 20 heavy (non-hydrogen) atoms. The maximum atomic E-state index is 10.7. The van der Waals surface area contributed by atoms with Crippen LogP contribution in [0, 0.1) is 0 Å². The zero-order valence-electron chi connectivity index (χ0n) is 11.9. The molecule has 1 heterocycles. The second kappa shape index (κ2) is 7.26. The van der Waals surface area contributed by atoms with Gasteiger partial charge in [0.25, 0.3) is 0 Å². The van der Waals surface area contributed by atoms with Gasteiger partial charge in [0.2, 0.25) is 0 Å². The highest BCUT2D eigenvalue weighted by Crippen LogP contribution is 2.20. The van der Waals surface area contributed by atoms with Crippen LogP contribution in [-0.2, 0) is 11.3 Å². The summed E-state index contributed by atoms with van der Waals surface area (Å²) < 4.78 is 5.64. The van der Waals surface area contributed by atoms with Crippen LogP contribution in [-0.4, -0.2) is 60.2 Å². The molecule has 1 aromatic carbocycles. The molecular formula is C15H22N2O3. The van der Waals surface area contributed by atoms with Crippen molar-refractivity contribution in [2.45, 2.75) is 13.5 Å². The molecular weight excluding hydrogens is 256 g/mol. The molecule has 5 nitrogen and oxygen atoms in total. The van der Waals surface area contributed by atoms with E-state index in [1.807, 2.05) is 30.0 Å². The minimum atomic E-state index is -0.750. The first-order valence-corrected chi connectivity index (χ1v) is 7.06. The monoisotopic (exact) mass is 278 g/mol. The van der Waals surface area contributed by atoms with Crippen LogP contribution >= 0.6 is 0 Å². The van der Waals surface area contributed by atoms with Gasteiger partial charge in [-0.15, -0.1) is 0 Å². The number of ether oxygens (including phenoxy) is 1. The Balaban J connectivity index is 1.88. The summed E-state index contributed by atoms with van der Waals surface area (Å²) in [6, 6.07) is 8.10. The molecule has 0 unspecified atom stereocenters. The van der Waals surface area contributed by atoms with E-state index in [9.17, 15) is 4.79 Å². The normalized spacial score (nSPS) is 17.1. The molecule has 0 aromatic heterocycles. The molecule has 0 spiro atoms. The molecule has 0 bridgehead atoms. The Morgan fingerprint density at radius 2 is 1.85 bits per heavy atom. The third-order valence-electron chi connectivity index (χ3n) is 3.49. The smallest absolute Gasteiger partial charge is 0.317 e. The van der Waals surface area contributed by atoms with Gasteiger partial charge in [-0.05, 0) is 13.0 Å². The lowest BCUT2D eigenvalue weighted by Gasteiger charge is -2.34. The van der Waals surface area contributed by atoms with Gasteiger partial charge >= 0.3 is 5.97 Å². The summed E-state index contributed by atoms with van der Waals surface area (Å²) in [5.74, 6) is 0.197. The number of benzene rings is 1. The van der Waals surface area contributed by atoms with Gasteiger partial charge in [0, 0.05) is 38.3 Å². The van der Waals surface area contributed by atoms with Gasteiger partial charge in [0.15, 0.2) is 0 Å². The van der Waals surface area contributed by atoms with Crippen LogP contribution < -0.4 is 4.74 Å². The van der Waals surface area contributed by atoms with E-state index in [-0.39, 0.29) is 6.54 Å². The second-order valence-corrected chi connectivity index (χ2v) is 4.99. The maximum Gasteiger partial charge on any atom is 0.317 e. The van der Waals surface area contributed by atoms with Crippen molar-refractivity contribution in [2.75, 3.05) is 39.3 Å². The van der Waals surface area contributed by atoms with Crippen LogP contribution in [0.5, 0.6) is 5.75 Å². The van der Waals surface area contributed by atoms with Crippen molar-refractivity contribution in [3.8, 4) is 5.75 Å². The predicted octanol–water partition coefficient (Wildman–Crippen LogP) is 1.29. The van der Waals surface area contributed by atoms with Crippen molar-refractivity contribution in [1.82, 2.24) is 9.80 Å². The van der Waals surface area contributed by atoms with Crippen molar-refractivity contribution in [2.24, 2.45) is 0 Å². The number of carbonyl (C=O) groups is 1. The van der Waals surface area contributed by atoms with Crippen molar-refractivity contribution in [3.05, 3.63) is 29.8 Å². The van der Waals surface area contributed by atoms with E-state index in [2.05, 4.69) is 11.0 Å². The summed E-state index contributed by atoms with van der Waals surface area (Å²) in [5.41, 5.74) is 1.20. The van der Waals surface area contributed by atoms with Crippen molar-refractivity contribution in [1.29, 1.82) is 0 Å². The molecule has 110 valence electrons. The minimum Gasteiger partial charge on any atom is -0.494 e. The number of para-hydroxylation sites is 1. The van der Waals surface area contributed by atoms with Crippen LogP contribution in [0.15, 0.2) is 24.3 Å². The highest BCUT2D eigenvalue weighted by atomic mass is 16.5. The molecule has 0 radical (unpaired) electrons. The van der Waals surface area contributed by atoms with Gasteiger partial charge in [-0.3, -0.25) is 14.6 Å². The first-order valence-electron chi connectivity index (χ1n) is 7.06. The Kier molecular flexibility index (Phi) is 5.38. The van der Waals surface area contributed by atoms with Gasteiger partial charge < -0.3 is 9.84 Å². The number of carboxylic acid groups (broad SMARTS) is 1. The third kappa shape index (κ3) is 4.21. The number of nitrogens with zero attached hydrogens (tertiary/aromatic N) is 2. The Morgan fingerprint density at radius 1 is 1.20 bits per heavy atom. The predicted molar refractivity (Wildman–Crippen MR) is 77.0 cm³/mol. The Bertz CT molecular complexity index is 442. The average molecular weight is 278 g/mol. The quantitative estimate of drug-likeness (QED) is 0.849. The zero-order valence-corrected chi connectivity index (χ0v) is 11.9. The van der Waals surface area contributed by atoms with Crippen LogP contribution in [0.4, 0.5) is 0 Å². The van der Waals surface area contributed by atoms with E-state index in [0.717, 1.165) is 38.5 Å². The fraction of sp³-hybridized carbons (Fsp3) is 0.533. The summed E-state index contributed by atoms with van der Waals surface area (Å²) in [4.78, 5) is 15.0. The molecule has 1 aromatic rings. The highest BCUT2D eigenvalue weighted by molar-refractivity contribution is 5.69. The number of carboxylic acids is 1. The number of hydrogen-bond donors (Lipinski definition) is 1. The molecule has 1 saturated heterocycles. The molecule has 1 aliphatic heterocycles. The fourth-order valence-corrected chi connectivity index (χ4v) is 2.47. The maximum absolute atomic E-state index is 10.7. The fourth-order valence-electron chi connectivity index (χ4n) is 2.47. The molecule has 0 amide bonds. The van der Waals surface area contributed by atoms with E-state index >= 15 is 0 Å². The lowest BCUT2D eigenvalue weighted by molar-refractivity contribution is -0.138. The Labute approximate surface area is 119 Å². The van der Waals surface area contributed by atoms with Gasteiger partial charge in [-0.1, -0.05) is 18.2 Å². The summed E-state index contributed by atoms with van der Waals surface area (Å²) in [6.45, 7) is 7.07. The Hall–Kier alpha value is -1.59. The van der Waals surface area contributed by atoms with Crippen molar-refractivity contribution >= 4 is 5.97 Å². The van der Waals surface area contributed by atoms with E-state index in [0.29, 0.717) is 6.61 Å². The van der Waals surface area contributed by atoms with Gasteiger partial charge in [-0.25, -0.2) is 0 Å². The van der Waals surface area contributed by atoms with Crippen LogP contribution in [0.25, 0.3) is 0 Å². The number of rotatable bonds is 6. The summed E-state index contributed by atoms with van der Waals surface area (Å²) >= 11 is 0. The first-order chi connectivity index (χ1) is 9.69. The minimum absolute atomic E-state index is 0.142. The summed E-state index contributed by atoms with van der Waals surface area (Å²) in [7, 11) is 0. The number of piperazine rings is 1. The zero-order chi connectivity index (χ0) is 14.4. The summed E-state index contributed by atoms with van der Waals surface area (Å²) in [6.07, 6.45) is 0. The molecule has 0 atom stereocenters. The van der Waals surface area contributed by atoms with E-state index in [1.165, 1.54) is 5.56 Å². The largest absolute Gasteiger partial charge is 0.494 e. The topological polar surface area (TPSA) is 53.0 Å². The van der Waals surface area contributed by atoms with Gasteiger partial charge in [-0.2, -0.15) is 0 Å². The molecule has 5 heteroatoms. The second-order valence-electron chi connectivity index (χ2n) is 4.99. The van der Waals surface area contributed by atoms with E-state index in [4.69, 9.17) is 9.84 Å². The summed E-state index contributed by atoms with van der Waals surface area (Å²) in [5, 5.41) is 8.79. The lowest BCUT2D eigenvalue weighted by Crippen LogP contribution is -2.47. The molecule has 0 saturated carbocycles.